The molecule has 8 heteroatoms. The molecule has 144 valence electrons. The Labute approximate surface area is 155 Å². The zero-order chi connectivity index (χ0) is 19.4. The second kappa shape index (κ2) is 8.11. The highest BCUT2D eigenvalue weighted by Crippen LogP contribution is 2.36. The summed E-state index contributed by atoms with van der Waals surface area (Å²) in [6.07, 6.45) is 3.23. The van der Waals surface area contributed by atoms with Crippen molar-refractivity contribution in [1.82, 2.24) is 0 Å². The fourth-order valence-electron chi connectivity index (χ4n) is 3.11. The summed E-state index contributed by atoms with van der Waals surface area (Å²) in [6, 6.07) is 3.09. The Morgan fingerprint density at radius 3 is 2.26 bits per heavy atom. The average molecular weight is 376 g/mol. The molecule has 1 aliphatic rings. The van der Waals surface area contributed by atoms with Gasteiger partial charge in [0.2, 0.25) is 0 Å². The molecule has 0 bridgehead atoms. The van der Waals surface area contributed by atoms with Crippen molar-refractivity contribution < 1.29 is 33.0 Å². The molecule has 1 aromatic heterocycles. The number of fused-ring (bicyclic) bond motifs is 3. The molecule has 0 amide bonds. The van der Waals surface area contributed by atoms with E-state index in [0.29, 0.717) is 29.5 Å². The zero-order valence-corrected chi connectivity index (χ0v) is 15.2. The van der Waals surface area contributed by atoms with Gasteiger partial charge in [0.25, 0.3) is 0 Å². The Bertz CT molecular complexity index is 927. The molecular formula is C19H20O8. The molecule has 0 saturated carbocycles. The largest absolute Gasteiger partial charge is 0.482 e. The van der Waals surface area contributed by atoms with Crippen molar-refractivity contribution in [2.24, 2.45) is 0 Å². The molecule has 0 spiro atoms. The normalized spacial score (nSPS) is 13.0. The van der Waals surface area contributed by atoms with Gasteiger partial charge < -0.3 is 23.4 Å². The lowest BCUT2D eigenvalue weighted by Crippen LogP contribution is -2.18. The van der Waals surface area contributed by atoms with Crippen molar-refractivity contribution in [3.63, 3.8) is 0 Å². The molecule has 0 atom stereocenters. The maximum absolute atomic E-state index is 12.3. The van der Waals surface area contributed by atoms with Gasteiger partial charge >= 0.3 is 17.6 Å². The van der Waals surface area contributed by atoms with Gasteiger partial charge in [-0.15, -0.1) is 0 Å². The summed E-state index contributed by atoms with van der Waals surface area (Å²) in [5, 5.41) is 0.638. The van der Waals surface area contributed by atoms with Crippen LogP contribution >= 0.6 is 0 Å². The summed E-state index contributed by atoms with van der Waals surface area (Å²) in [5.41, 5.74) is 1.40. The number of hydrogen-bond donors (Lipinski definition) is 0. The van der Waals surface area contributed by atoms with Gasteiger partial charge in [-0.3, -0.25) is 0 Å². The third-order valence-corrected chi connectivity index (χ3v) is 4.42. The standard InChI is InChI=1S/C19H20O8/c1-23-16(20)9-25-11-7-14(26-10-17(21)24-2)18-12-5-3-4-6-13(12)19(22)27-15(18)8-11/h7-8H,3-6,9-10H2,1-2H3. The molecule has 8 nitrogen and oxygen atoms in total. The fraction of sp³-hybridized carbons (Fsp3) is 0.421. The third-order valence-electron chi connectivity index (χ3n) is 4.42. The molecule has 1 aliphatic carbocycles. The monoisotopic (exact) mass is 376 g/mol. The minimum atomic E-state index is -0.556. The quantitative estimate of drug-likeness (QED) is 0.555. The van der Waals surface area contributed by atoms with Crippen LogP contribution in [0.2, 0.25) is 0 Å². The van der Waals surface area contributed by atoms with Crippen LogP contribution in [-0.2, 0) is 31.9 Å². The van der Waals surface area contributed by atoms with Gasteiger partial charge in [-0.05, 0) is 31.2 Å². The molecule has 0 N–H and O–H groups in total. The number of carbonyl (C=O) groups is 2. The van der Waals surface area contributed by atoms with E-state index in [9.17, 15) is 14.4 Å². The number of aryl methyl sites for hydroxylation is 1. The lowest BCUT2D eigenvalue weighted by atomic mass is 9.90. The van der Waals surface area contributed by atoms with Crippen LogP contribution in [0.5, 0.6) is 11.5 Å². The molecular weight excluding hydrogens is 356 g/mol. The van der Waals surface area contributed by atoms with E-state index in [4.69, 9.17) is 13.9 Å². The molecule has 1 aromatic carbocycles. The summed E-state index contributed by atoms with van der Waals surface area (Å²) < 4.78 is 25.6. The highest BCUT2D eigenvalue weighted by Gasteiger charge is 2.22. The number of rotatable bonds is 6. The van der Waals surface area contributed by atoms with Crippen LogP contribution in [0.25, 0.3) is 11.0 Å². The minimum Gasteiger partial charge on any atom is -0.482 e. The van der Waals surface area contributed by atoms with Gasteiger partial charge in [-0.2, -0.15) is 0 Å². The summed E-state index contributed by atoms with van der Waals surface area (Å²) in [6.45, 7) is -0.617. The van der Waals surface area contributed by atoms with Gasteiger partial charge in [-0.25, -0.2) is 14.4 Å². The van der Waals surface area contributed by atoms with Crippen LogP contribution in [0, 0.1) is 0 Å². The van der Waals surface area contributed by atoms with Gasteiger partial charge in [0.1, 0.15) is 17.1 Å². The molecule has 2 aromatic rings. The molecule has 0 fully saturated rings. The molecule has 1 heterocycles. The number of hydrogen-bond acceptors (Lipinski definition) is 8. The first-order chi connectivity index (χ1) is 13.0. The highest BCUT2D eigenvalue weighted by molar-refractivity contribution is 5.89. The van der Waals surface area contributed by atoms with E-state index in [0.717, 1.165) is 18.4 Å². The molecule has 27 heavy (non-hydrogen) atoms. The predicted octanol–water partition coefficient (Wildman–Crippen LogP) is 1.78. The van der Waals surface area contributed by atoms with Crippen molar-refractivity contribution >= 4 is 22.9 Å². The Kier molecular flexibility index (Phi) is 5.63. The number of methoxy groups -OCH3 is 2. The SMILES string of the molecule is COC(=O)COc1cc(OCC(=O)OC)c2c3c(c(=O)oc2c1)CCCC3. The van der Waals surface area contributed by atoms with Crippen molar-refractivity contribution in [2.45, 2.75) is 25.7 Å². The van der Waals surface area contributed by atoms with Gasteiger partial charge in [0.05, 0.1) is 19.6 Å². The van der Waals surface area contributed by atoms with E-state index in [-0.39, 0.29) is 30.2 Å². The van der Waals surface area contributed by atoms with Gasteiger partial charge in [0, 0.05) is 17.7 Å². The summed E-state index contributed by atoms with van der Waals surface area (Å²) >= 11 is 0. The van der Waals surface area contributed by atoms with Gasteiger partial charge in [-0.1, -0.05) is 0 Å². The molecule has 0 aliphatic heterocycles. The lowest BCUT2D eigenvalue weighted by Gasteiger charge is -2.19. The van der Waals surface area contributed by atoms with Crippen molar-refractivity contribution in [1.29, 1.82) is 0 Å². The topological polar surface area (TPSA) is 101 Å². The van der Waals surface area contributed by atoms with Crippen LogP contribution in [0.15, 0.2) is 21.3 Å². The van der Waals surface area contributed by atoms with E-state index < -0.39 is 11.9 Å². The first-order valence-corrected chi connectivity index (χ1v) is 8.55. The van der Waals surface area contributed by atoms with Gasteiger partial charge in [0.15, 0.2) is 13.2 Å². The first kappa shape index (κ1) is 18.8. The third kappa shape index (κ3) is 4.05. The second-order valence-electron chi connectivity index (χ2n) is 6.08. The second-order valence-corrected chi connectivity index (χ2v) is 6.08. The summed E-state index contributed by atoms with van der Waals surface area (Å²) in [5.74, 6) is -0.513. The number of ether oxygens (including phenoxy) is 4. The van der Waals surface area contributed by atoms with E-state index in [2.05, 4.69) is 9.47 Å². The molecule has 0 unspecified atom stereocenters. The minimum absolute atomic E-state index is 0.256. The average Bonchev–Trinajstić information content (AvgIpc) is 2.69. The lowest BCUT2D eigenvalue weighted by molar-refractivity contribution is -0.143. The van der Waals surface area contributed by atoms with Crippen LogP contribution in [0.3, 0.4) is 0 Å². The number of carbonyl (C=O) groups excluding carboxylic acids is 2. The van der Waals surface area contributed by atoms with E-state index in [1.807, 2.05) is 0 Å². The van der Waals surface area contributed by atoms with Crippen LogP contribution in [-0.4, -0.2) is 39.4 Å². The highest BCUT2D eigenvalue weighted by atomic mass is 16.6. The van der Waals surface area contributed by atoms with E-state index in [1.165, 1.54) is 20.3 Å². The maximum Gasteiger partial charge on any atom is 0.343 e. The molecule has 0 saturated heterocycles. The number of esters is 2. The number of benzene rings is 1. The zero-order valence-electron chi connectivity index (χ0n) is 15.2. The maximum atomic E-state index is 12.3. The fourth-order valence-corrected chi connectivity index (χ4v) is 3.11. The summed E-state index contributed by atoms with van der Waals surface area (Å²) in [4.78, 5) is 35.1. The predicted molar refractivity (Wildman–Crippen MR) is 94.1 cm³/mol. The Morgan fingerprint density at radius 2 is 1.59 bits per heavy atom. The Hall–Kier alpha value is -3.03. The molecule has 0 radical (unpaired) electrons. The first-order valence-electron chi connectivity index (χ1n) is 8.55. The van der Waals surface area contributed by atoms with E-state index in [1.54, 1.807) is 6.07 Å². The van der Waals surface area contributed by atoms with Crippen LogP contribution < -0.4 is 15.1 Å². The molecule has 3 rings (SSSR count). The Balaban J connectivity index is 2.08. The smallest absolute Gasteiger partial charge is 0.343 e. The van der Waals surface area contributed by atoms with Crippen molar-refractivity contribution in [3.8, 4) is 11.5 Å². The van der Waals surface area contributed by atoms with Crippen LogP contribution in [0.4, 0.5) is 0 Å². The van der Waals surface area contributed by atoms with Crippen molar-refractivity contribution in [3.05, 3.63) is 33.7 Å². The van der Waals surface area contributed by atoms with Crippen LogP contribution in [0.1, 0.15) is 24.0 Å². The summed E-state index contributed by atoms with van der Waals surface area (Å²) in [7, 11) is 2.52. The van der Waals surface area contributed by atoms with E-state index >= 15 is 0 Å². The Morgan fingerprint density at radius 1 is 0.963 bits per heavy atom. The van der Waals surface area contributed by atoms with Crippen molar-refractivity contribution in [2.75, 3.05) is 27.4 Å².